The maximum Gasteiger partial charge on any atom is 0.573 e. The highest BCUT2D eigenvalue weighted by Crippen LogP contribution is 2.32. The van der Waals surface area contributed by atoms with Gasteiger partial charge in [0.25, 0.3) is 0 Å². The van der Waals surface area contributed by atoms with Crippen LogP contribution in [0, 0.1) is 0 Å². The number of alkyl halides is 6. The number of ether oxygens (including phenoxy) is 1. The molecule has 0 radical (unpaired) electrons. The van der Waals surface area contributed by atoms with Crippen molar-refractivity contribution in [1.29, 1.82) is 0 Å². The number of nitrogens with one attached hydrogen (secondary N) is 1. The molecule has 1 unspecified atom stereocenters. The summed E-state index contributed by atoms with van der Waals surface area (Å²) in [6.45, 7) is 1.87. The van der Waals surface area contributed by atoms with Crippen LogP contribution in [-0.2, 0) is 0 Å². The summed E-state index contributed by atoms with van der Waals surface area (Å²) >= 11 is 0. The van der Waals surface area contributed by atoms with Crippen LogP contribution in [0.25, 0.3) is 0 Å². The minimum Gasteiger partial charge on any atom is -0.406 e. The highest BCUT2D eigenvalue weighted by atomic mass is 19.4. The summed E-state index contributed by atoms with van der Waals surface area (Å²) in [7, 11) is 0. The average Bonchev–Trinajstić information content (AvgIpc) is 2.24. The fourth-order valence-corrected chi connectivity index (χ4v) is 1.71. The van der Waals surface area contributed by atoms with E-state index in [2.05, 4.69) is 10.1 Å². The average molecular weight is 301 g/mol. The molecule has 0 saturated heterocycles. The van der Waals surface area contributed by atoms with Gasteiger partial charge in [-0.05, 0) is 24.2 Å². The molecule has 0 spiro atoms. The SMILES string of the molecule is CCNC(CC(F)(F)F)c1cccc(OC(F)(F)F)c1. The second-order valence-electron chi connectivity index (χ2n) is 4.05. The monoisotopic (exact) mass is 301 g/mol. The predicted molar refractivity (Wildman–Crippen MR) is 60.2 cm³/mol. The van der Waals surface area contributed by atoms with E-state index >= 15 is 0 Å². The molecule has 0 aliphatic carbocycles. The van der Waals surface area contributed by atoms with E-state index in [0.29, 0.717) is 0 Å². The number of benzene rings is 1. The topological polar surface area (TPSA) is 21.3 Å². The number of rotatable bonds is 5. The van der Waals surface area contributed by atoms with Crippen LogP contribution in [0.4, 0.5) is 26.3 Å². The molecule has 0 fully saturated rings. The molecule has 1 atom stereocenters. The van der Waals surface area contributed by atoms with Crippen LogP contribution < -0.4 is 10.1 Å². The minimum absolute atomic E-state index is 0.0888. The van der Waals surface area contributed by atoms with E-state index < -0.39 is 30.8 Å². The molecular formula is C12H13F6NO. The van der Waals surface area contributed by atoms with E-state index in [1.165, 1.54) is 12.1 Å². The molecule has 0 aromatic heterocycles. The van der Waals surface area contributed by atoms with Gasteiger partial charge in [-0.1, -0.05) is 19.1 Å². The van der Waals surface area contributed by atoms with Crippen LogP contribution in [0.1, 0.15) is 24.9 Å². The Morgan fingerprint density at radius 3 is 2.30 bits per heavy atom. The van der Waals surface area contributed by atoms with Crippen molar-refractivity contribution in [1.82, 2.24) is 5.32 Å². The Balaban J connectivity index is 2.93. The molecule has 1 aromatic carbocycles. The van der Waals surface area contributed by atoms with Crippen molar-refractivity contribution >= 4 is 0 Å². The summed E-state index contributed by atoms with van der Waals surface area (Å²) in [4.78, 5) is 0. The van der Waals surface area contributed by atoms with Crippen molar-refractivity contribution in [2.45, 2.75) is 31.9 Å². The van der Waals surface area contributed by atoms with Gasteiger partial charge in [0.2, 0.25) is 0 Å². The van der Waals surface area contributed by atoms with Crippen molar-refractivity contribution in [2.75, 3.05) is 6.54 Å². The molecule has 0 bridgehead atoms. The Kier molecular flexibility index (Phi) is 5.27. The molecule has 114 valence electrons. The highest BCUT2D eigenvalue weighted by molar-refractivity contribution is 5.31. The van der Waals surface area contributed by atoms with E-state index in [-0.39, 0.29) is 12.1 Å². The summed E-state index contributed by atoms with van der Waals surface area (Å²) in [6.07, 6.45) is -10.5. The Morgan fingerprint density at radius 2 is 1.80 bits per heavy atom. The minimum atomic E-state index is -4.88. The Hall–Kier alpha value is -1.44. The first-order valence-corrected chi connectivity index (χ1v) is 5.76. The molecule has 1 rings (SSSR count). The first-order chi connectivity index (χ1) is 9.11. The fraction of sp³-hybridized carbons (Fsp3) is 0.500. The molecule has 20 heavy (non-hydrogen) atoms. The van der Waals surface area contributed by atoms with Crippen LogP contribution in [0.5, 0.6) is 5.75 Å². The molecule has 2 nitrogen and oxygen atoms in total. The zero-order chi connectivity index (χ0) is 15.4. The molecule has 1 N–H and O–H groups in total. The van der Waals surface area contributed by atoms with Crippen molar-refractivity contribution in [3.8, 4) is 5.75 Å². The van der Waals surface area contributed by atoms with Gasteiger partial charge < -0.3 is 10.1 Å². The van der Waals surface area contributed by atoms with Gasteiger partial charge >= 0.3 is 12.5 Å². The highest BCUT2D eigenvalue weighted by Gasteiger charge is 2.33. The van der Waals surface area contributed by atoms with Crippen molar-refractivity contribution in [2.24, 2.45) is 0 Å². The molecule has 0 aliphatic heterocycles. The molecule has 0 saturated carbocycles. The second-order valence-corrected chi connectivity index (χ2v) is 4.05. The second kappa shape index (κ2) is 6.34. The normalized spacial score (nSPS) is 14.2. The lowest BCUT2D eigenvalue weighted by molar-refractivity contribution is -0.274. The standard InChI is InChI=1S/C12H13F6NO/c1-2-19-10(7-11(13,14)15)8-4-3-5-9(6-8)20-12(16,17)18/h3-6,10,19H,2,7H2,1H3. The lowest BCUT2D eigenvalue weighted by Gasteiger charge is -2.20. The summed E-state index contributed by atoms with van der Waals surface area (Å²) < 4.78 is 77.2. The quantitative estimate of drug-likeness (QED) is 0.823. The van der Waals surface area contributed by atoms with Gasteiger partial charge in [-0.3, -0.25) is 0 Å². The molecule has 0 heterocycles. The molecule has 8 heteroatoms. The zero-order valence-corrected chi connectivity index (χ0v) is 10.5. The van der Waals surface area contributed by atoms with Gasteiger partial charge in [0, 0.05) is 6.04 Å². The lowest BCUT2D eigenvalue weighted by Crippen LogP contribution is -2.26. The van der Waals surface area contributed by atoms with Gasteiger partial charge in [-0.15, -0.1) is 13.2 Å². The largest absolute Gasteiger partial charge is 0.573 e. The van der Waals surface area contributed by atoms with Gasteiger partial charge in [0.05, 0.1) is 6.42 Å². The third-order valence-electron chi connectivity index (χ3n) is 2.38. The van der Waals surface area contributed by atoms with Crippen molar-refractivity contribution in [3.63, 3.8) is 0 Å². The fourth-order valence-electron chi connectivity index (χ4n) is 1.71. The Bertz CT molecular complexity index is 429. The van der Waals surface area contributed by atoms with Crippen LogP contribution in [0.2, 0.25) is 0 Å². The van der Waals surface area contributed by atoms with Crippen LogP contribution >= 0.6 is 0 Å². The van der Waals surface area contributed by atoms with Crippen LogP contribution in [0.3, 0.4) is 0 Å². The van der Waals surface area contributed by atoms with E-state index in [9.17, 15) is 26.3 Å². The maximum atomic E-state index is 12.4. The predicted octanol–water partition coefficient (Wildman–Crippen LogP) is 4.19. The van der Waals surface area contributed by atoms with Gasteiger partial charge in [0.1, 0.15) is 5.75 Å². The summed E-state index contributed by atoms with van der Waals surface area (Å²) in [5.41, 5.74) is 0.0888. The Labute approximate surface area is 111 Å². The first-order valence-electron chi connectivity index (χ1n) is 5.76. The number of hydrogen-bond acceptors (Lipinski definition) is 2. The summed E-state index contributed by atoms with van der Waals surface area (Å²) in [6, 6.07) is 3.41. The van der Waals surface area contributed by atoms with Crippen molar-refractivity contribution in [3.05, 3.63) is 29.8 Å². The molecular weight excluding hydrogens is 288 g/mol. The van der Waals surface area contributed by atoms with Gasteiger partial charge in [-0.2, -0.15) is 13.2 Å². The maximum absolute atomic E-state index is 12.4. The third-order valence-corrected chi connectivity index (χ3v) is 2.38. The Morgan fingerprint density at radius 1 is 1.15 bits per heavy atom. The van der Waals surface area contributed by atoms with Gasteiger partial charge in [-0.25, -0.2) is 0 Å². The lowest BCUT2D eigenvalue weighted by atomic mass is 10.0. The van der Waals surface area contributed by atoms with E-state index in [4.69, 9.17) is 0 Å². The van der Waals surface area contributed by atoms with E-state index in [1.807, 2.05) is 0 Å². The van der Waals surface area contributed by atoms with E-state index in [1.54, 1.807) is 6.92 Å². The van der Waals surface area contributed by atoms with Crippen LogP contribution in [0.15, 0.2) is 24.3 Å². The summed E-state index contributed by atoms with van der Waals surface area (Å²) in [5.74, 6) is -0.542. The van der Waals surface area contributed by atoms with E-state index in [0.717, 1.165) is 12.1 Å². The zero-order valence-electron chi connectivity index (χ0n) is 10.5. The smallest absolute Gasteiger partial charge is 0.406 e. The number of hydrogen-bond donors (Lipinski definition) is 1. The third kappa shape index (κ3) is 6.14. The molecule has 1 aromatic rings. The first kappa shape index (κ1) is 16.6. The number of halogens is 6. The van der Waals surface area contributed by atoms with Crippen LogP contribution in [-0.4, -0.2) is 19.1 Å². The van der Waals surface area contributed by atoms with Crippen molar-refractivity contribution < 1.29 is 31.1 Å². The molecule has 0 amide bonds. The summed E-state index contributed by atoms with van der Waals surface area (Å²) in [5, 5.41) is 2.59. The molecule has 0 aliphatic rings. The van der Waals surface area contributed by atoms with Gasteiger partial charge in [0.15, 0.2) is 0 Å².